The first-order chi connectivity index (χ1) is 11.2. The van der Waals surface area contributed by atoms with Crippen LogP contribution in [0, 0.1) is 5.82 Å². The topological polar surface area (TPSA) is 38.8 Å². The number of nitrogens with zero attached hydrogens (tertiary/aromatic N) is 3. The minimum Gasteiger partial charge on any atom is -0.368 e. The zero-order chi connectivity index (χ0) is 17.9. The molecule has 1 saturated heterocycles. The van der Waals surface area contributed by atoms with Crippen LogP contribution in [0.25, 0.3) is 0 Å². The fourth-order valence-corrected chi connectivity index (χ4v) is 2.56. The summed E-state index contributed by atoms with van der Waals surface area (Å²) in [5.41, 5.74) is 1.05. The summed E-state index contributed by atoms with van der Waals surface area (Å²) in [5, 5.41) is 2.95. The summed E-state index contributed by atoms with van der Waals surface area (Å²) in [7, 11) is 6.03. The third kappa shape index (κ3) is 4.45. The Labute approximate surface area is 144 Å². The maximum Gasteiger partial charge on any atom is 0.253 e. The molecule has 0 aliphatic carbocycles. The number of piperazine rings is 1. The van der Waals surface area contributed by atoms with Gasteiger partial charge in [-0.1, -0.05) is 0 Å². The molecular formula is C18H29FN4O. The SMILES string of the molecule is CN1CCN(c2ccc(F)cc2C(=O)NCC(C)(C)N(C)C)CC1. The Hall–Kier alpha value is -1.66. The zero-order valence-corrected chi connectivity index (χ0v) is 15.4. The van der Waals surface area contributed by atoms with E-state index in [1.165, 1.54) is 12.1 Å². The fourth-order valence-electron chi connectivity index (χ4n) is 2.56. The van der Waals surface area contributed by atoms with Gasteiger partial charge < -0.3 is 20.0 Å². The van der Waals surface area contributed by atoms with Gasteiger partial charge >= 0.3 is 0 Å². The summed E-state index contributed by atoms with van der Waals surface area (Å²) in [6.07, 6.45) is 0. The summed E-state index contributed by atoms with van der Waals surface area (Å²) in [6.45, 7) is 8.16. The van der Waals surface area contributed by atoms with Gasteiger partial charge in [-0.2, -0.15) is 0 Å². The Balaban J connectivity index is 2.16. The highest BCUT2D eigenvalue weighted by Crippen LogP contribution is 2.23. The van der Waals surface area contributed by atoms with Gasteiger partial charge in [-0.25, -0.2) is 4.39 Å². The standard InChI is InChI=1S/C18H29FN4O/c1-18(2,21(3)4)13-20-17(24)15-12-14(19)6-7-16(15)23-10-8-22(5)9-11-23/h6-7,12H,8-11,13H2,1-5H3,(H,20,24). The molecule has 0 atom stereocenters. The van der Waals surface area contributed by atoms with Gasteiger partial charge in [0.05, 0.1) is 5.56 Å². The molecule has 2 rings (SSSR count). The van der Waals surface area contributed by atoms with E-state index in [9.17, 15) is 9.18 Å². The van der Waals surface area contributed by atoms with Crippen molar-refractivity contribution in [3.8, 4) is 0 Å². The van der Waals surface area contributed by atoms with E-state index in [-0.39, 0.29) is 17.3 Å². The molecule has 1 fully saturated rings. The Morgan fingerprint density at radius 3 is 2.46 bits per heavy atom. The number of anilines is 1. The number of rotatable bonds is 5. The van der Waals surface area contributed by atoms with Crippen molar-refractivity contribution in [1.82, 2.24) is 15.1 Å². The summed E-state index contributed by atoms with van der Waals surface area (Å²) < 4.78 is 13.7. The van der Waals surface area contributed by atoms with E-state index in [0.717, 1.165) is 31.9 Å². The third-order valence-electron chi connectivity index (χ3n) is 4.94. The van der Waals surface area contributed by atoms with Crippen LogP contribution in [0.1, 0.15) is 24.2 Å². The minimum atomic E-state index is -0.384. The van der Waals surface area contributed by atoms with Gasteiger partial charge in [-0.05, 0) is 53.2 Å². The third-order valence-corrected chi connectivity index (χ3v) is 4.94. The number of carbonyl (C=O) groups excluding carboxylic acids is 1. The van der Waals surface area contributed by atoms with Crippen molar-refractivity contribution < 1.29 is 9.18 Å². The predicted molar refractivity (Wildman–Crippen MR) is 96.2 cm³/mol. The number of benzene rings is 1. The molecule has 0 bridgehead atoms. The van der Waals surface area contributed by atoms with Crippen LogP contribution in [0.3, 0.4) is 0 Å². The Morgan fingerprint density at radius 1 is 1.25 bits per heavy atom. The normalized spacial score (nSPS) is 16.5. The molecule has 1 aliphatic heterocycles. The molecule has 1 aromatic carbocycles. The first-order valence-corrected chi connectivity index (χ1v) is 8.39. The molecule has 1 N–H and O–H groups in total. The van der Waals surface area contributed by atoms with Crippen molar-refractivity contribution in [3.63, 3.8) is 0 Å². The number of hydrogen-bond acceptors (Lipinski definition) is 4. The molecule has 1 amide bonds. The van der Waals surface area contributed by atoms with Gasteiger partial charge in [0.1, 0.15) is 5.82 Å². The Bertz CT molecular complexity index is 580. The molecule has 1 aromatic rings. The smallest absolute Gasteiger partial charge is 0.253 e. The van der Waals surface area contributed by atoms with Crippen LogP contribution in [0.4, 0.5) is 10.1 Å². The molecule has 0 unspecified atom stereocenters. The number of carbonyl (C=O) groups is 1. The molecular weight excluding hydrogens is 307 g/mol. The van der Waals surface area contributed by atoms with E-state index in [2.05, 4.69) is 40.9 Å². The Morgan fingerprint density at radius 2 is 1.88 bits per heavy atom. The van der Waals surface area contributed by atoms with Crippen molar-refractivity contribution in [2.75, 3.05) is 58.8 Å². The van der Waals surface area contributed by atoms with Gasteiger partial charge in [0.15, 0.2) is 0 Å². The second-order valence-electron chi connectivity index (χ2n) is 7.34. The van der Waals surface area contributed by atoms with Crippen LogP contribution in [-0.2, 0) is 0 Å². The highest BCUT2D eigenvalue weighted by atomic mass is 19.1. The molecule has 24 heavy (non-hydrogen) atoms. The molecule has 0 aromatic heterocycles. The van der Waals surface area contributed by atoms with Gasteiger partial charge in [0, 0.05) is 44.0 Å². The summed E-state index contributed by atoms with van der Waals surface area (Å²) >= 11 is 0. The minimum absolute atomic E-state index is 0.170. The van der Waals surface area contributed by atoms with Gasteiger partial charge in [0.25, 0.3) is 5.91 Å². The number of halogens is 1. The van der Waals surface area contributed by atoms with Gasteiger partial charge in [-0.15, -0.1) is 0 Å². The van der Waals surface area contributed by atoms with Crippen molar-refractivity contribution in [3.05, 3.63) is 29.6 Å². The summed E-state index contributed by atoms with van der Waals surface area (Å²) in [4.78, 5) is 19.1. The second kappa shape index (κ2) is 7.49. The van der Waals surface area contributed by atoms with E-state index < -0.39 is 0 Å². The van der Waals surface area contributed by atoms with E-state index in [4.69, 9.17) is 0 Å². The lowest BCUT2D eigenvalue weighted by atomic mass is 10.0. The van der Waals surface area contributed by atoms with Crippen molar-refractivity contribution in [2.24, 2.45) is 0 Å². The molecule has 134 valence electrons. The first-order valence-electron chi connectivity index (χ1n) is 8.39. The number of hydrogen-bond donors (Lipinski definition) is 1. The predicted octanol–water partition coefficient (Wildman–Crippen LogP) is 1.65. The maximum absolute atomic E-state index is 13.7. The molecule has 0 spiro atoms. The highest BCUT2D eigenvalue weighted by Gasteiger charge is 2.24. The van der Waals surface area contributed by atoms with Crippen LogP contribution < -0.4 is 10.2 Å². The lowest BCUT2D eigenvalue weighted by Crippen LogP contribution is -2.48. The molecule has 0 saturated carbocycles. The van der Waals surface area contributed by atoms with Crippen LogP contribution in [0.15, 0.2) is 18.2 Å². The van der Waals surface area contributed by atoms with E-state index in [1.807, 2.05) is 14.1 Å². The van der Waals surface area contributed by atoms with Gasteiger partial charge in [0.2, 0.25) is 0 Å². The average Bonchev–Trinajstić information content (AvgIpc) is 2.53. The van der Waals surface area contributed by atoms with Crippen LogP contribution >= 0.6 is 0 Å². The maximum atomic E-state index is 13.7. The quantitative estimate of drug-likeness (QED) is 0.887. The van der Waals surface area contributed by atoms with E-state index in [1.54, 1.807) is 6.07 Å². The molecule has 1 heterocycles. The van der Waals surface area contributed by atoms with Gasteiger partial charge in [-0.3, -0.25) is 4.79 Å². The van der Waals surface area contributed by atoms with Crippen LogP contribution in [-0.4, -0.2) is 75.1 Å². The number of amides is 1. The molecule has 0 radical (unpaired) electrons. The average molecular weight is 336 g/mol. The van der Waals surface area contributed by atoms with E-state index in [0.29, 0.717) is 12.1 Å². The van der Waals surface area contributed by atoms with Crippen molar-refractivity contribution >= 4 is 11.6 Å². The summed E-state index contributed by atoms with van der Waals surface area (Å²) in [6, 6.07) is 4.48. The number of likely N-dealkylation sites (N-methyl/N-ethyl adjacent to an activating group) is 2. The first kappa shape index (κ1) is 18.7. The molecule has 1 aliphatic rings. The van der Waals surface area contributed by atoms with Crippen LogP contribution in [0.2, 0.25) is 0 Å². The highest BCUT2D eigenvalue weighted by molar-refractivity contribution is 5.99. The van der Waals surface area contributed by atoms with Crippen LogP contribution in [0.5, 0.6) is 0 Å². The summed E-state index contributed by atoms with van der Waals surface area (Å²) in [5.74, 6) is -0.608. The zero-order valence-electron chi connectivity index (χ0n) is 15.4. The second-order valence-corrected chi connectivity index (χ2v) is 7.34. The monoisotopic (exact) mass is 336 g/mol. The molecule has 5 nitrogen and oxygen atoms in total. The Kier molecular flexibility index (Phi) is 5.83. The van der Waals surface area contributed by atoms with E-state index >= 15 is 0 Å². The fraction of sp³-hybridized carbons (Fsp3) is 0.611. The largest absolute Gasteiger partial charge is 0.368 e. The van der Waals surface area contributed by atoms with Crippen molar-refractivity contribution in [2.45, 2.75) is 19.4 Å². The number of nitrogens with one attached hydrogen (secondary N) is 1. The lowest BCUT2D eigenvalue weighted by Gasteiger charge is -2.35. The van der Waals surface area contributed by atoms with Crippen molar-refractivity contribution in [1.29, 1.82) is 0 Å². The molecule has 6 heteroatoms. The lowest BCUT2D eigenvalue weighted by molar-refractivity contribution is 0.0919.